The maximum absolute atomic E-state index is 12.6. The molecule has 1 unspecified atom stereocenters. The topological polar surface area (TPSA) is 32.3 Å². The van der Waals surface area contributed by atoms with Gasteiger partial charge in [0, 0.05) is 31.2 Å². The van der Waals surface area contributed by atoms with Gasteiger partial charge in [0.15, 0.2) is 0 Å². The van der Waals surface area contributed by atoms with Crippen molar-refractivity contribution in [1.82, 2.24) is 10.2 Å². The number of hydrogen-bond donors (Lipinski definition) is 1. The number of aryl methyl sites for hydroxylation is 3. The van der Waals surface area contributed by atoms with Crippen LogP contribution in [0.25, 0.3) is 0 Å². The smallest absolute Gasteiger partial charge is 0.254 e. The average molecular weight is 246 g/mol. The molecule has 18 heavy (non-hydrogen) atoms. The predicted molar refractivity (Wildman–Crippen MR) is 74.0 cm³/mol. The van der Waals surface area contributed by atoms with Gasteiger partial charge in [-0.25, -0.2) is 0 Å². The highest BCUT2D eigenvalue weighted by Crippen LogP contribution is 2.19. The molecule has 0 aromatic heterocycles. The second-order valence-electron chi connectivity index (χ2n) is 5.38. The molecule has 3 nitrogen and oxygen atoms in total. The number of carbonyl (C=O) groups excluding carboxylic acids is 1. The quantitative estimate of drug-likeness (QED) is 0.822. The summed E-state index contributed by atoms with van der Waals surface area (Å²) in [7, 11) is 0. The zero-order chi connectivity index (χ0) is 13.3. The van der Waals surface area contributed by atoms with E-state index < -0.39 is 0 Å². The van der Waals surface area contributed by atoms with Crippen LogP contribution in [-0.4, -0.2) is 36.5 Å². The van der Waals surface area contributed by atoms with Gasteiger partial charge in [-0.05, 0) is 38.8 Å². The van der Waals surface area contributed by atoms with E-state index in [0.717, 1.165) is 36.3 Å². The van der Waals surface area contributed by atoms with E-state index in [9.17, 15) is 4.79 Å². The number of nitrogens with zero attached hydrogens (tertiary/aromatic N) is 1. The molecule has 0 spiro atoms. The highest BCUT2D eigenvalue weighted by molar-refractivity contribution is 5.97. The molecule has 1 aromatic rings. The summed E-state index contributed by atoms with van der Waals surface area (Å²) in [5.74, 6) is 0.179. The maximum Gasteiger partial charge on any atom is 0.254 e. The SMILES string of the molecule is Cc1cc(C)c(C(=O)N2CCNC(C)C2)c(C)c1. The lowest BCUT2D eigenvalue weighted by Gasteiger charge is -2.32. The maximum atomic E-state index is 12.6. The third-order valence-electron chi connectivity index (χ3n) is 3.55. The van der Waals surface area contributed by atoms with Crippen LogP contribution < -0.4 is 5.32 Å². The minimum atomic E-state index is 0.179. The molecular formula is C15H22N2O. The molecule has 1 saturated heterocycles. The Bertz CT molecular complexity index is 445. The molecule has 0 aliphatic carbocycles. The number of rotatable bonds is 1. The van der Waals surface area contributed by atoms with Crippen LogP contribution in [0, 0.1) is 20.8 Å². The molecule has 98 valence electrons. The largest absolute Gasteiger partial charge is 0.336 e. The summed E-state index contributed by atoms with van der Waals surface area (Å²) < 4.78 is 0. The molecule has 1 aromatic carbocycles. The summed E-state index contributed by atoms with van der Waals surface area (Å²) >= 11 is 0. The van der Waals surface area contributed by atoms with Crippen molar-refractivity contribution in [2.24, 2.45) is 0 Å². The van der Waals surface area contributed by atoms with Crippen LogP contribution in [0.5, 0.6) is 0 Å². The summed E-state index contributed by atoms with van der Waals surface area (Å²) in [4.78, 5) is 14.6. The van der Waals surface area contributed by atoms with Gasteiger partial charge >= 0.3 is 0 Å². The molecule has 1 fully saturated rings. The van der Waals surface area contributed by atoms with E-state index in [1.54, 1.807) is 0 Å². The van der Waals surface area contributed by atoms with E-state index in [1.165, 1.54) is 5.56 Å². The monoisotopic (exact) mass is 246 g/mol. The van der Waals surface area contributed by atoms with E-state index in [1.807, 2.05) is 18.7 Å². The van der Waals surface area contributed by atoms with Gasteiger partial charge in [0.1, 0.15) is 0 Å². The van der Waals surface area contributed by atoms with E-state index in [-0.39, 0.29) is 5.91 Å². The Morgan fingerprint density at radius 3 is 2.44 bits per heavy atom. The van der Waals surface area contributed by atoms with Gasteiger partial charge in [0.25, 0.3) is 5.91 Å². The van der Waals surface area contributed by atoms with Gasteiger partial charge in [-0.3, -0.25) is 4.79 Å². The van der Waals surface area contributed by atoms with Crippen LogP contribution in [0.2, 0.25) is 0 Å². The molecule has 0 saturated carbocycles. The van der Waals surface area contributed by atoms with Gasteiger partial charge in [0.2, 0.25) is 0 Å². The number of amides is 1. The Labute approximate surface area is 109 Å². The molecule has 3 heteroatoms. The van der Waals surface area contributed by atoms with Crippen molar-refractivity contribution >= 4 is 5.91 Å². The summed E-state index contributed by atoms with van der Waals surface area (Å²) in [5.41, 5.74) is 4.28. The van der Waals surface area contributed by atoms with E-state index in [2.05, 4.69) is 31.3 Å². The van der Waals surface area contributed by atoms with Crippen LogP contribution in [0.3, 0.4) is 0 Å². The first-order valence-electron chi connectivity index (χ1n) is 6.59. The van der Waals surface area contributed by atoms with Crippen LogP contribution in [-0.2, 0) is 0 Å². The van der Waals surface area contributed by atoms with Crippen LogP contribution >= 0.6 is 0 Å². The molecular weight excluding hydrogens is 224 g/mol. The summed E-state index contributed by atoms with van der Waals surface area (Å²) in [6.07, 6.45) is 0. The standard InChI is InChI=1S/C15H22N2O/c1-10-7-11(2)14(12(3)8-10)15(18)17-6-5-16-13(4)9-17/h7-8,13,16H,5-6,9H2,1-4H3. The first kappa shape index (κ1) is 13.1. The lowest BCUT2D eigenvalue weighted by molar-refractivity contribution is 0.0707. The third kappa shape index (κ3) is 2.56. The van der Waals surface area contributed by atoms with Crippen molar-refractivity contribution in [1.29, 1.82) is 0 Å². The van der Waals surface area contributed by atoms with Crippen LogP contribution in [0.1, 0.15) is 34.0 Å². The zero-order valence-electron chi connectivity index (χ0n) is 11.7. The Hall–Kier alpha value is -1.35. The summed E-state index contributed by atoms with van der Waals surface area (Å²) in [5, 5.41) is 3.36. The fourth-order valence-electron chi connectivity index (χ4n) is 2.79. The number of hydrogen-bond acceptors (Lipinski definition) is 2. The van der Waals surface area contributed by atoms with Gasteiger partial charge < -0.3 is 10.2 Å². The second kappa shape index (κ2) is 5.11. The zero-order valence-corrected chi connectivity index (χ0v) is 11.7. The summed E-state index contributed by atoms with van der Waals surface area (Å²) in [6, 6.07) is 4.56. The molecule has 0 radical (unpaired) electrons. The van der Waals surface area contributed by atoms with Crippen LogP contribution in [0.15, 0.2) is 12.1 Å². The Morgan fingerprint density at radius 1 is 1.28 bits per heavy atom. The number of carbonyl (C=O) groups is 1. The van der Waals surface area contributed by atoms with Gasteiger partial charge in [0.05, 0.1) is 0 Å². The second-order valence-corrected chi connectivity index (χ2v) is 5.38. The van der Waals surface area contributed by atoms with E-state index in [4.69, 9.17) is 0 Å². The number of benzene rings is 1. The molecule has 1 aliphatic rings. The highest BCUT2D eigenvalue weighted by atomic mass is 16.2. The molecule has 1 N–H and O–H groups in total. The molecule has 0 bridgehead atoms. The Morgan fingerprint density at radius 2 is 1.89 bits per heavy atom. The fourth-order valence-corrected chi connectivity index (χ4v) is 2.79. The van der Waals surface area contributed by atoms with Crippen molar-refractivity contribution in [3.05, 3.63) is 34.4 Å². The van der Waals surface area contributed by atoms with Gasteiger partial charge in [-0.15, -0.1) is 0 Å². The lowest BCUT2D eigenvalue weighted by atomic mass is 9.98. The van der Waals surface area contributed by atoms with Crippen molar-refractivity contribution < 1.29 is 4.79 Å². The average Bonchev–Trinajstić information content (AvgIpc) is 2.27. The van der Waals surface area contributed by atoms with Crippen LogP contribution in [0.4, 0.5) is 0 Å². The van der Waals surface area contributed by atoms with E-state index in [0.29, 0.717) is 6.04 Å². The molecule has 1 aliphatic heterocycles. The molecule has 1 amide bonds. The predicted octanol–water partition coefficient (Wildman–Crippen LogP) is 2.05. The molecule has 1 atom stereocenters. The minimum Gasteiger partial charge on any atom is -0.336 e. The number of nitrogens with one attached hydrogen (secondary N) is 1. The van der Waals surface area contributed by atoms with Crippen molar-refractivity contribution in [2.75, 3.05) is 19.6 Å². The van der Waals surface area contributed by atoms with Crippen molar-refractivity contribution in [2.45, 2.75) is 33.7 Å². The molecule has 1 heterocycles. The first-order valence-corrected chi connectivity index (χ1v) is 6.59. The van der Waals surface area contributed by atoms with Gasteiger partial charge in [-0.1, -0.05) is 17.7 Å². The lowest BCUT2D eigenvalue weighted by Crippen LogP contribution is -2.51. The Balaban J connectivity index is 2.28. The summed E-state index contributed by atoms with van der Waals surface area (Å²) in [6.45, 7) is 10.7. The van der Waals surface area contributed by atoms with E-state index >= 15 is 0 Å². The van der Waals surface area contributed by atoms with Crippen molar-refractivity contribution in [3.8, 4) is 0 Å². The molecule has 2 rings (SSSR count). The normalized spacial score (nSPS) is 20.0. The van der Waals surface area contributed by atoms with Gasteiger partial charge in [-0.2, -0.15) is 0 Å². The fraction of sp³-hybridized carbons (Fsp3) is 0.533. The third-order valence-corrected chi connectivity index (χ3v) is 3.55. The van der Waals surface area contributed by atoms with Crippen molar-refractivity contribution in [3.63, 3.8) is 0 Å². The Kier molecular flexibility index (Phi) is 3.71. The highest BCUT2D eigenvalue weighted by Gasteiger charge is 2.23. The number of piperazine rings is 1. The first-order chi connectivity index (χ1) is 8.49. The minimum absolute atomic E-state index is 0.179.